The summed E-state index contributed by atoms with van der Waals surface area (Å²) in [5.74, 6) is -0.194. The number of amides is 2. The van der Waals surface area contributed by atoms with Gasteiger partial charge in [0.15, 0.2) is 0 Å². The number of hydrogen-bond acceptors (Lipinski definition) is 3. The lowest BCUT2D eigenvalue weighted by molar-refractivity contribution is 0.251. The minimum atomic E-state index is -0.402. The fraction of sp³-hybridized carbons (Fsp3) is 0.273. The zero-order valence-electron chi connectivity index (χ0n) is 9.85. The largest absolute Gasteiger partial charge is 0.409 e. The molecule has 98 valence electrons. The van der Waals surface area contributed by atoms with Crippen molar-refractivity contribution in [1.82, 2.24) is 5.32 Å². The van der Waals surface area contributed by atoms with Crippen LogP contribution in [0.5, 0.6) is 0 Å². The normalized spacial score (nSPS) is 12.9. The molecule has 1 aromatic rings. The second-order valence-corrected chi connectivity index (χ2v) is 4.15. The molecule has 0 aliphatic carbocycles. The van der Waals surface area contributed by atoms with Crippen molar-refractivity contribution in [3.05, 3.63) is 29.3 Å². The summed E-state index contributed by atoms with van der Waals surface area (Å²) >= 11 is 5.89. The molecule has 1 atom stereocenters. The first-order valence-corrected chi connectivity index (χ1v) is 5.69. The number of halogens is 1. The molecule has 6 nitrogen and oxygen atoms in total. The molecule has 2 amide bonds. The fourth-order valence-corrected chi connectivity index (χ4v) is 1.36. The summed E-state index contributed by atoms with van der Waals surface area (Å²) in [6.45, 7) is 1.98. The Labute approximate surface area is 110 Å². The van der Waals surface area contributed by atoms with Crippen molar-refractivity contribution in [3.8, 4) is 0 Å². The molecule has 0 saturated heterocycles. The number of nitrogens with one attached hydrogen (secondary N) is 2. The average Bonchev–Trinajstić information content (AvgIpc) is 2.37. The maximum atomic E-state index is 11.6. The number of nitrogens with two attached hydrogens (primary N) is 1. The zero-order valence-corrected chi connectivity index (χ0v) is 10.6. The van der Waals surface area contributed by atoms with Gasteiger partial charge in [0.1, 0.15) is 5.84 Å². The summed E-state index contributed by atoms with van der Waals surface area (Å²) in [4.78, 5) is 11.6. The monoisotopic (exact) mass is 270 g/mol. The molecule has 0 fully saturated rings. The van der Waals surface area contributed by atoms with E-state index < -0.39 is 6.03 Å². The van der Waals surface area contributed by atoms with Crippen LogP contribution in [-0.2, 0) is 0 Å². The summed E-state index contributed by atoms with van der Waals surface area (Å²) in [5, 5.41) is 17.0. The molecule has 0 aliphatic heterocycles. The van der Waals surface area contributed by atoms with Gasteiger partial charge in [-0.15, -0.1) is 0 Å². The Balaban J connectivity index is 2.46. The maximum Gasteiger partial charge on any atom is 0.319 e. The minimum Gasteiger partial charge on any atom is -0.409 e. The highest BCUT2D eigenvalue weighted by Gasteiger charge is 2.10. The summed E-state index contributed by atoms with van der Waals surface area (Å²) in [6, 6.07) is 6.50. The molecule has 0 heterocycles. The molecule has 5 N–H and O–H groups in total. The van der Waals surface area contributed by atoms with E-state index in [4.69, 9.17) is 22.5 Å². The molecule has 1 rings (SSSR count). The lowest BCUT2D eigenvalue weighted by Gasteiger charge is -2.12. The zero-order chi connectivity index (χ0) is 13.5. The number of urea groups is 1. The van der Waals surface area contributed by atoms with Crippen molar-refractivity contribution in [2.24, 2.45) is 16.8 Å². The van der Waals surface area contributed by atoms with Crippen molar-refractivity contribution < 1.29 is 10.0 Å². The Bertz CT molecular complexity index is 450. The lowest BCUT2D eigenvalue weighted by atomic mass is 10.1. The standard InChI is InChI=1S/C11H15ClN4O2/c1-7(10(13)16-18)6-14-11(17)15-9-5-3-2-4-8(9)12/h2-5,7,18H,6H2,1H3,(H2,13,16)(H2,14,15,17). The molecule has 1 aromatic carbocycles. The van der Waals surface area contributed by atoms with Crippen LogP contribution in [0.4, 0.5) is 10.5 Å². The molecule has 0 saturated carbocycles. The second-order valence-electron chi connectivity index (χ2n) is 3.74. The number of rotatable bonds is 4. The number of hydrogen-bond donors (Lipinski definition) is 4. The summed E-state index contributed by atoms with van der Waals surface area (Å²) in [6.07, 6.45) is 0. The highest BCUT2D eigenvalue weighted by Crippen LogP contribution is 2.19. The Hall–Kier alpha value is -1.95. The number of amidine groups is 1. The van der Waals surface area contributed by atoms with E-state index >= 15 is 0 Å². The minimum absolute atomic E-state index is 0.0630. The third kappa shape index (κ3) is 4.14. The van der Waals surface area contributed by atoms with Crippen molar-refractivity contribution in [2.75, 3.05) is 11.9 Å². The Morgan fingerprint density at radius 3 is 2.83 bits per heavy atom. The first-order chi connectivity index (χ1) is 8.54. The number of carbonyl (C=O) groups excluding carboxylic acids is 1. The van der Waals surface area contributed by atoms with Crippen molar-refractivity contribution in [2.45, 2.75) is 6.92 Å². The fourth-order valence-electron chi connectivity index (χ4n) is 1.18. The van der Waals surface area contributed by atoms with E-state index in [1.165, 1.54) is 0 Å². The topological polar surface area (TPSA) is 99.7 Å². The van der Waals surface area contributed by atoms with Gasteiger partial charge in [0.2, 0.25) is 0 Å². The van der Waals surface area contributed by atoms with E-state index in [0.29, 0.717) is 10.7 Å². The summed E-state index contributed by atoms with van der Waals surface area (Å²) in [7, 11) is 0. The van der Waals surface area contributed by atoms with Crippen molar-refractivity contribution >= 4 is 29.2 Å². The molecule has 0 aliphatic rings. The van der Waals surface area contributed by atoms with Crippen LogP contribution >= 0.6 is 11.6 Å². The van der Waals surface area contributed by atoms with Gasteiger partial charge >= 0.3 is 6.03 Å². The molecule has 18 heavy (non-hydrogen) atoms. The summed E-state index contributed by atoms with van der Waals surface area (Å²) in [5.41, 5.74) is 5.91. The van der Waals surface area contributed by atoms with E-state index in [0.717, 1.165) is 0 Å². The molecule has 7 heteroatoms. The van der Waals surface area contributed by atoms with Crippen LogP contribution < -0.4 is 16.4 Å². The van der Waals surface area contributed by atoms with Crippen molar-refractivity contribution in [1.29, 1.82) is 0 Å². The number of carbonyl (C=O) groups is 1. The molecule has 0 aromatic heterocycles. The first-order valence-electron chi connectivity index (χ1n) is 5.31. The van der Waals surface area contributed by atoms with Gasteiger partial charge < -0.3 is 21.6 Å². The van der Waals surface area contributed by atoms with Crippen LogP contribution in [0.25, 0.3) is 0 Å². The Morgan fingerprint density at radius 2 is 2.22 bits per heavy atom. The van der Waals surface area contributed by atoms with Crippen LogP contribution in [0.3, 0.4) is 0 Å². The van der Waals surface area contributed by atoms with Gasteiger partial charge in [0, 0.05) is 12.5 Å². The first kappa shape index (κ1) is 14.1. The van der Waals surface area contributed by atoms with Gasteiger partial charge in [-0.2, -0.15) is 0 Å². The van der Waals surface area contributed by atoms with Crippen LogP contribution in [0.15, 0.2) is 29.4 Å². The van der Waals surface area contributed by atoms with Gasteiger partial charge in [-0.05, 0) is 12.1 Å². The molecule has 0 spiro atoms. The van der Waals surface area contributed by atoms with E-state index in [-0.39, 0.29) is 18.3 Å². The maximum absolute atomic E-state index is 11.6. The predicted molar refractivity (Wildman–Crippen MR) is 71.0 cm³/mol. The molecule has 0 bridgehead atoms. The van der Waals surface area contributed by atoms with Gasteiger partial charge in [-0.1, -0.05) is 35.8 Å². The molecule has 1 unspecified atom stereocenters. The van der Waals surface area contributed by atoms with Crippen LogP contribution in [-0.4, -0.2) is 23.6 Å². The van der Waals surface area contributed by atoms with E-state index in [1.54, 1.807) is 31.2 Å². The van der Waals surface area contributed by atoms with Gasteiger partial charge in [0.05, 0.1) is 10.7 Å². The highest BCUT2D eigenvalue weighted by atomic mass is 35.5. The molecule has 0 radical (unpaired) electrons. The Kier molecular flexibility index (Phi) is 5.26. The third-order valence-corrected chi connectivity index (χ3v) is 2.64. The van der Waals surface area contributed by atoms with Gasteiger partial charge in [0.25, 0.3) is 0 Å². The quantitative estimate of drug-likeness (QED) is 0.291. The predicted octanol–water partition coefficient (Wildman–Crippen LogP) is 1.84. The Morgan fingerprint density at radius 1 is 1.56 bits per heavy atom. The van der Waals surface area contributed by atoms with Crippen molar-refractivity contribution in [3.63, 3.8) is 0 Å². The smallest absolute Gasteiger partial charge is 0.319 e. The van der Waals surface area contributed by atoms with Crippen LogP contribution in [0.2, 0.25) is 5.02 Å². The molecular formula is C11H15ClN4O2. The number of oxime groups is 1. The number of anilines is 1. The van der Waals surface area contributed by atoms with Gasteiger partial charge in [-0.25, -0.2) is 4.79 Å². The highest BCUT2D eigenvalue weighted by molar-refractivity contribution is 6.33. The van der Waals surface area contributed by atoms with Gasteiger partial charge in [-0.3, -0.25) is 0 Å². The number of nitrogens with zero attached hydrogens (tertiary/aromatic N) is 1. The van der Waals surface area contributed by atoms with Crippen LogP contribution in [0.1, 0.15) is 6.92 Å². The average molecular weight is 271 g/mol. The second kappa shape index (κ2) is 6.70. The van der Waals surface area contributed by atoms with Crippen LogP contribution in [0, 0.1) is 5.92 Å². The SMILES string of the molecule is CC(CNC(=O)Nc1ccccc1Cl)C(N)=NO. The lowest BCUT2D eigenvalue weighted by Crippen LogP contribution is -2.37. The summed E-state index contributed by atoms with van der Waals surface area (Å²) < 4.78 is 0. The van der Waals surface area contributed by atoms with E-state index in [1.807, 2.05) is 0 Å². The van der Waals surface area contributed by atoms with E-state index in [9.17, 15) is 4.79 Å². The number of para-hydroxylation sites is 1. The third-order valence-electron chi connectivity index (χ3n) is 2.31. The molecular weight excluding hydrogens is 256 g/mol. The number of benzene rings is 1. The van der Waals surface area contributed by atoms with E-state index in [2.05, 4.69) is 15.8 Å².